The van der Waals surface area contributed by atoms with Crippen LogP contribution in [0, 0.1) is 0 Å². The Hall–Kier alpha value is -1.42. The summed E-state index contributed by atoms with van der Waals surface area (Å²) in [5, 5.41) is 3.69. The standard InChI is InChI=1S/C16H22N2O2/c1-16(2)19-14-6-5-11(10-15(14)20-16)17-12-7-9-18-8-3-4-13(12)18/h5-6,10,12-13,17H,3-4,7-9H2,1-2H3. The van der Waals surface area contributed by atoms with E-state index in [0.717, 1.165) is 23.2 Å². The molecule has 0 amide bonds. The normalized spacial score (nSPS) is 30.5. The lowest BCUT2D eigenvalue weighted by molar-refractivity contribution is -0.0431. The van der Waals surface area contributed by atoms with Crippen molar-refractivity contribution in [1.29, 1.82) is 0 Å². The fourth-order valence-corrected chi connectivity index (χ4v) is 3.78. The van der Waals surface area contributed by atoms with Crippen LogP contribution in [-0.4, -0.2) is 35.9 Å². The molecule has 2 fully saturated rings. The van der Waals surface area contributed by atoms with Crippen molar-refractivity contribution in [2.75, 3.05) is 18.4 Å². The Morgan fingerprint density at radius 2 is 2.00 bits per heavy atom. The van der Waals surface area contributed by atoms with E-state index in [9.17, 15) is 0 Å². The lowest BCUT2D eigenvalue weighted by Gasteiger charge is -2.22. The lowest BCUT2D eigenvalue weighted by Crippen LogP contribution is -2.33. The zero-order chi connectivity index (χ0) is 13.7. The van der Waals surface area contributed by atoms with Gasteiger partial charge in [0.1, 0.15) is 0 Å². The largest absolute Gasteiger partial charge is 0.449 e. The van der Waals surface area contributed by atoms with Gasteiger partial charge in [-0.1, -0.05) is 0 Å². The van der Waals surface area contributed by atoms with Gasteiger partial charge in [-0.3, -0.25) is 4.90 Å². The highest BCUT2D eigenvalue weighted by atomic mass is 16.7. The Morgan fingerprint density at radius 1 is 1.15 bits per heavy atom. The zero-order valence-electron chi connectivity index (χ0n) is 12.2. The molecule has 4 rings (SSSR count). The number of ether oxygens (including phenoxy) is 2. The average Bonchev–Trinajstić information content (AvgIpc) is 3.03. The SMILES string of the molecule is CC1(C)Oc2ccc(NC3CCN4CCCC34)cc2O1. The molecule has 2 atom stereocenters. The van der Waals surface area contributed by atoms with Crippen molar-refractivity contribution in [3.8, 4) is 11.5 Å². The van der Waals surface area contributed by atoms with Gasteiger partial charge in [-0.05, 0) is 37.9 Å². The first-order chi connectivity index (χ1) is 9.61. The molecular formula is C16H22N2O2. The third-order valence-electron chi connectivity index (χ3n) is 4.61. The van der Waals surface area contributed by atoms with E-state index in [-0.39, 0.29) is 0 Å². The summed E-state index contributed by atoms with van der Waals surface area (Å²) in [5.41, 5.74) is 1.14. The molecule has 20 heavy (non-hydrogen) atoms. The highest BCUT2D eigenvalue weighted by molar-refractivity contribution is 5.56. The van der Waals surface area contributed by atoms with Gasteiger partial charge in [-0.25, -0.2) is 0 Å². The van der Waals surface area contributed by atoms with Crippen LogP contribution in [0.5, 0.6) is 11.5 Å². The second-order valence-electron chi connectivity index (χ2n) is 6.55. The molecule has 108 valence electrons. The van der Waals surface area contributed by atoms with Crippen LogP contribution in [0.25, 0.3) is 0 Å². The fraction of sp³-hybridized carbons (Fsp3) is 0.625. The Balaban J connectivity index is 1.51. The monoisotopic (exact) mass is 274 g/mol. The smallest absolute Gasteiger partial charge is 0.246 e. The predicted octanol–water partition coefficient (Wildman–Crippen LogP) is 2.84. The quantitative estimate of drug-likeness (QED) is 0.899. The van der Waals surface area contributed by atoms with Crippen molar-refractivity contribution in [3.05, 3.63) is 18.2 Å². The molecule has 3 aliphatic rings. The highest BCUT2D eigenvalue weighted by Crippen LogP contribution is 2.41. The van der Waals surface area contributed by atoms with E-state index in [0.29, 0.717) is 6.04 Å². The Labute approximate surface area is 120 Å². The van der Waals surface area contributed by atoms with Crippen molar-refractivity contribution >= 4 is 5.69 Å². The zero-order valence-corrected chi connectivity index (χ0v) is 12.2. The van der Waals surface area contributed by atoms with E-state index >= 15 is 0 Å². The number of nitrogens with zero attached hydrogens (tertiary/aromatic N) is 1. The summed E-state index contributed by atoms with van der Waals surface area (Å²) in [6.45, 7) is 6.39. The molecule has 0 radical (unpaired) electrons. The number of rotatable bonds is 2. The maximum Gasteiger partial charge on any atom is 0.246 e. The third kappa shape index (κ3) is 2.03. The van der Waals surface area contributed by atoms with Gasteiger partial charge in [0, 0.05) is 44.2 Å². The van der Waals surface area contributed by atoms with Crippen molar-refractivity contribution in [3.63, 3.8) is 0 Å². The molecule has 4 nitrogen and oxygen atoms in total. The summed E-state index contributed by atoms with van der Waals surface area (Å²) in [5.74, 6) is 1.15. The van der Waals surface area contributed by atoms with Crippen LogP contribution in [0.2, 0.25) is 0 Å². The minimum absolute atomic E-state index is 0.545. The van der Waals surface area contributed by atoms with E-state index < -0.39 is 5.79 Å². The molecule has 0 aromatic heterocycles. The number of nitrogens with one attached hydrogen (secondary N) is 1. The topological polar surface area (TPSA) is 33.7 Å². The van der Waals surface area contributed by atoms with Crippen LogP contribution >= 0.6 is 0 Å². The Bertz CT molecular complexity index is 529. The number of anilines is 1. The lowest BCUT2D eigenvalue weighted by atomic mass is 10.1. The maximum absolute atomic E-state index is 5.81. The second-order valence-corrected chi connectivity index (χ2v) is 6.55. The summed E-state index contributed by atoms with van der Waals surface area (Å²) in [6, 6.07) is 7.47. The Morgan fingerprint density at radius 3 is 2.90 bits per heavy atom. The molecule has 3 heterocycles. The molecule has 2 saturated heterocycles. The van der Waals surface area contributed by atoms with Crippen molar-refractivity contribution < 1.29 is 9.47 Å². The minimum Gasteiger partial charge on any atom is -0.449 e. The second kappa shape index (κ2) is 4.29. The van der Waals surface area contributed by atoms with Crippen LogP contribution in [0.15, 0.2) is 18.2 Å². The van der Waals surface area contributed by atoms with Crippen LogP contribution in [0.1, 0.15) is 33.1 Å². The molecule has 0 spiro atoms. The van der Waals surface area contributed by atoms with Gasteiger partial charge in [0.05, 0.1) is 0 Å². The summed E-state index contributed by atoms with van der Waals surface area (Å²) in [6.07, 6.45) is 3.91. The first-order valence-electron chi connectivity index (χ1n) is 7.63. The molecule has 3 aliphatic heterocycles. The average molecular weight is 274 g/mol. The van der Waals surface area contributed by atoms with Crippen molar-refractivity contribution in [2.45, 2.75) is 51.0 Å². The van der Waals surface area contributed by atoms with Crippen LogP contribution in [0.4, 0.5) is 5.69 Å². The summed E-state index contributed by atoms with van der Waals surface area (Å²) >= 11 is 0. The molecule has 4 heteroatoms. The number of benzene rings is 1. The van der Waals surface area contributed by atoms with E-state index in [1.54, 1.807) is 0 Å². The van der Waals surface area contributed by atoms with E-state index in [2.05, 4.69) is 22.3 Å². The van der Waals surface area contributed by atoms with Crippen LogP contribution < -0.4 is 14.8 Å². The van der Waals surface area contributed by atoms with E-state index in [1.165, 1.54) is 32.4 Å². The first kappa shape index (κ1) is 12.3. The molecule has 0 saturated carbocycles. The summed E-state index contributed by atoms with van der Waals surface area (Å²) in [4.78, 5) is 2.62. The minimum atomic E-state index is -0.545. The van der Waals surface area contributed by atoms with Gasteiger partial charge in [-0.2, -0.15) is 0 Å². The number of hydrogen-bond acceptors (Lipinski definition) is 4. The van der Waals surface area contributed by atoms with Gasteiger partial charge < -0.3 is 14.8 Å². The van der Waals surface area contributed by atoms with Crippen LogP contribution in [-0.2, 0) is 0 Å². The maximum atomic E-state index is 5.81. The molecule has 2 unspecified atom stereocenters. The highest BCUT2D eigenvalue weighted by Gasteiger charge is 2.37. The number of hydrogen-bond donors (Lipinski definition) is 1. The molecule has 1 aromatic carbocycles. The van der Waals surface area contributed by atoms with Gasteiger partial charge in [0.15, 0.2) is 11.5 Å². The third-order valence-corrected chi connectivity index (χ3v) is 4.61. The van der Waals surface area contributed by atoms with E-state index in [4.69, 9.17) is 9.47 Å². The van der Waals surface area contributed by atoms with Crippen LogP contribution in [0.3, 0.4) is 0 Å². The molecule has 0 bridgehead atoms. The van der Waals surface area contributed by atoms with Crippen molar-refractivity contribution in [2.24, 2.45) is 0 Å². The molecular weight excluding hydrogens is 252 g/mol. The fourth-order valence-electron chi connectivity index (χ4n) is 3.78. The predicted molar refractivity (Wildman–Crippen MR) is 78.4 cm³/mol. The Kier molecular flexibility index (Phi) is 2.64. The van der Waals surface area contributed by atoms with Gasteiger partial charge in [0.2, 0.25) is 5.79 Å². The summed E-state index contributed by atoms with van der Waals surface area (Å²) in [7, 11) is 0. The van der Waals surface area contributed by atoms with Gasteiger partial charge in [0.25, 0.3) is 0 Å². The molecule has 1 aromatic rings. The molecule has 1 N–H and O–H groups in total. The summed E-state index contributed by atoms with van der Waals surface area (Å²) < 4.78 is 11.5. The van der Waals surface area contributed by atoms with Crippen molar-refractivity contribution in [1.82, 2.24) is 4.90 Å². The van der Waals surface area contributed by atoms with Gasteiger partial charge in [-0.15, -0.1) is 0 Å². The van der Waals surface area contributed by atoms with Gasteiger partial charge >= 0.3 is 0 Å². The number of fused-ring (bicyclic) bond motifs is 2. The molecule has 0 aliphatic carbocycles. The first-order valence-corrected chi connectivity index (χ1v) is 7.63. The van der Waals surface area contributed by atoms with E-state index in [1.807, 2.05) is 19.9 Å².